The molecule has 0 spiro atoms. The van der Waals surface area contributed by atoms with Crippen molar-refractivity contribution in [1.29, 1.82) is 0 Å². The molecule has 0 aliphatic rings. The van der Waals surface area contributed by atoms with E-state index in [1.807, 2.05) is 0 Å². The number of hydrogen-bond donors (Lipinski definition) is 1. The number of rotatable bonds is 9. The molecule has 0 heterocycles. The Morgan fingerprint density at radius 3 is 1.41 bits per heavy atom. The lowest BCUT2D eigenvalue weighted by Gasteiger charge is -2.42. The Bertz CT molecular complexity index is 884. The van der Waals surface area contributed by atoms with Gasteiger partial charge >= 0.3 is 41.7 Å². The van der Waals surface area contributed by atoms with Crippen LogP contribution in [0, 0.1) is 0 Å². The quantitative estimate of drug-likeness (QED) is 0.273. The van der Waals surface area contributed by atoms with Crippen molar-refractivity contribution in [1.82, 2.24) is 0 Å². The van der Waals surface area contributed by atoms with E-state index in [9.17, 15) is 65.9 Å². The molecule has 1 unspecified atom stereocenters. The van der Waals surface area contributed by atoms with E-state index in [4.69, 9.17) is 0 Å². The predicted octanol–water partition coefficient (Wildman–Crippen LogP) is 6.96. The highest BCUT2D eigenvalue weighted by molar-refractivity contribution is 5.50. The number of benzene rings is 1. The zero-order chi connectivity index (χ0) is 27.0. The van der Waals surface area contributed by atoms with E-state index in [1.54, 1.807) is 6.07 Å². The highest BCUT2D eigenvalue weighted by Crippen LogP contribution is 2.62. The second-order valence-electron chi connectivity index (χ2n) is 6.67. The Morgan fingerprint density at radius 2 is 0.971 bits per heavy atom. The molecule has 1 nitrogen and oxygen atoms in total. The molecule has 0 radical (unpaired) electrons. The molecule has 194 valence electrons. The van der Waals surface area contributed by atoms with Gasteiger partial charge in [-0.15, -0.1) is 0 Å². The van der Waals surface area contributed by atoms with Crippen LogP contribution in [0.2, 0.25) is 0 Å². The van der Waals surface area contributed by atoms with Crippen molar-refractivity contribution in [3.63, 3.8) is 0 Å². The fraction of sp³-hybridized carbons (Fsp3) is 0.444. The Hall–Kier alpha value is -2.39. The van der Waals surface area contributed by atoms with Gasteiger partial charge in [-0.2, -0.15) is 65.9 Å². The van der Waals surface area contributed by atoms with E-state index >= 15 is 0 Å². The molecule has 0 aliphatic heterocycles. The fourth-order valence-electron chi connectivity index (χ4n) is 2.22. The fourth-order valence-corrected chi connectivity index (χ4v) is 2.22. The van der Waals surface area contributed by atoms with Crippen molar-refractivity contribution in [2.24, 2.45) is 5.73 Å². The SMILES string of the molecule is NC(/C=C/C=C/c1ccccc1)C(F)(F)C(F)(F)C(F)(F)C(F)(F)C(F)(F)C(F)(F)C(F)(F)F. The smallest absolute Gasteiger partial charge is 0.319 e. The topological polar surface area (TPSA) is 26.0 Å². The standard InChI is InChI=1S/C18H12F15N/c19-12(20,11(34)9-5-4-8-10-6-2-1-3-7-10)13(21,22)14(23,24)15(25,26)16(27,28)17(29,30)18(31,32)33/h1-9,11H,34H2/b8-4+,9-5+. The van der Waals surface area contributed by atoms with Gasteiger partial charge < -0.3 is 5.73 Å². The lowest BCUT2D eigenvalue weighted by Crippen LogP contribution is -2.74. The summed E-state index contributed by atoms with van der Waals surface area (Å²) in [6.45, 7) is 0. The van der Waals surface area contributed by atoms with Gasteiger partial charge in [-0.3, -0.25) is 0 Å². The minimum absolute atomic E-state index is 0.149. The molecule has 16 heteroatoms. The third-order valence-electron chi connectivity index (χ3n) is 4.29. The zero-order valence-electron chi connectivity index (χ0n) is 16.0. The Kier molecular flexibility index (Phi) is 7.85. The van der Waals surface area contributed by atoms with E-state index in [1.165, 1.54) is 24.3 Å². The molecule has 0 saturated heterocycles. The highest BCUT2D eigenvalue weighted by atomic mass is 19.4. The summed E-state index contributed by atoms with van der Waals surface area (Å²) in [7, 11) is 0. The third-order valence-corrected chi connectivity index (χ3v) is 4.29. The van der Waals surface area contributed by atoms with Crippen LogP contribution >= 0.6 is 0 Å². The summed E-state index contributed by atoms with van der Waals surface area (Å²) in [5, 5.41) is 0. The number of hydrogen-bond acceptors (Lipinski definition) is 1. The summed E-state index contributed by atoms with van der Waals surface area (Å²) in [5.41, 5.74) is 4.98. The molecule has 1 atom stereocenters. The molecule has 0 aromatic heterocycles. The van der Waals surface area contributed by atoms with Crippen LogP contribution in [0.15, 0.2) is 48.6 Å². The minimum atomic E-state index is -8.33. The van der Waals surface area contributed by atoms with Gasteiger partial charge in [-0.1, -0.05) is 54.6 Å². The van der Waals surface area contributed by atoms with Gasteiger partial charge in [0.25, 0.3) is 0 Å². The summed E-state index contributed by atoms with van der Waals surface area (Å²) in [4.78, 5) is 0. The van der Waals surface area contributed by atoms with Crippen LogP contribution in [-0.4, -0.2) is 47.8 Å². The lowest BCUT2D eigenvalue weighted by molar-refractivity contribution is -0.452. The van der Waals surface area contributed by atoms with Crippen LogP contribution in [0.25, 0.3) is 6.08 Å². The highest BCUT2D eigenvalue weighted by Gasteiger charge is 2.93. The van der Waals surface area contributed by atoms with Gasteiger partial charge in [0.05, 0.1) is 6.04 Å². The van der Waals surface area contributed by atoms with Crippen LogP contribution in [0.4, 0.5) is 65.9 Å². The molecule has 1 aromatic rings. The average Bonchev–Trinajstić information content (AvgIpc) is 2.70. The number of allylic oxidation sites excluding steroid dienone is 2. The van der Waals surface area contributed by atoms with Gasteiger partial charge in [0.15, 0.2) is 0 Å². The first-order chi connectivity index (χ1) is 15.0. The van der Waals surface area contributed by atoms with Crippen molar-refractivity contribution >= 4 is 6.08 Å². The molecule has 34 heavy (non-hydrogen) atoms. The molecule has 0 amide bonds. The van der Waals surface area contributed by atoms with Crippen molar-refractivity contribution in [3.05, 3.63) is 54.1 Å². The van der Waals surface area contributed by atoms with Crippen LogP contribution in [0.1, 0.15) is 5.56 Å². The third kappa shape index (κ3) is 4.60. The summed E-state index contributed by atoms with van der Waals surface area (Å²) in [6.07, 6.45) is -5.36. The van der Waals surface area contributed by atoms with Gasteiger partial charge in [0.1, 0.15) is 0 Å². The van der Waals surface area contributed by atoms with Crippen molar-refractivity contribution < 1.29 is 65.9 Å². The monoisotopic (exact) mass is 527 g/mol. The van der Waals surface area contributed by atoms with E-state index in [-0.39, 0.29) is 6.08 Å². The van der Waals surface area contributed by atoms with E-state index in [0.717, 1.165) is 12.2 Å². The van der Waals surface area contributed by atoms with Crippen molar-refractivity contribution in [3.8, 4) is 0 Å². The van der Waals surface area contributed by atoms with Crippen LogP contribution in [0.3, 0.4) is 0 Å². The number of nitrogens with two attached hydrogens (primary N) is 1. The maximum absolute atomic E-state index is 13.9. The van der Waals surface area contributed by atoms with Gasteiger partial charge in [0, 0.05) is 0 Å². The van der Waals surface area contributed by atoms with Crippen LogP contribution < -0.4 is 5.73 Å². The zero-order valence-corrected chi connectivity index (χ0v) is 16.0. The van der Waals surface area contributed by atoms with Crippen molar-refractivity contribution in [2.45, 2.75) is 47.8 Å². The Balaban J connectivity index is 3.34. The predicted molar refractivity (Wildman–Crippen MR) is 88.3 cm³/mol. The van der Waals surface area contributed by atoms with Gasteiger partial charge in [0.2, 0.25) is 0 Å². The Labute approximate surface area is 180 Å². The van der Waals surface area contributed by atoms with Gasteiger partial charge in [-0.05, 0) is 5.56 Å². The average molecular weight is 527 g/mol. The molecule has 1 rings (SSSR count). The summed E-state index contributed by atoms with van der Waals surface area (Å²) < 4.78 is 197. The first-order valence-electron chi connectivity index (χ1n) is 8.49. The van der Waals surface area contributed by atoms with Crippen LogP contribution in [-0.2, 0) is 0 Å². The lowest BCUT2D eigenvalue weighted by atomic mass is 9.88. The molecule has 0 bridgehead atoms. The summed E-state index contributed by atoms with van der Waals surface area (Å²) in [5.74, 6) is -46.9. The number of alkyl halides is 15. The first kappa shape index (κ1) is 29.6. The second-order valence-corrected chi connectivity index (χ2v) is 6.67. The normalized spacial score (nSPS) is 16.5. The minimum Gasteiger partial charge on any atom is -0.319 e. The molecule has 2 N–H and O–H groups in total. The largest absolute Gasteiger partial charge is 0.460 e. The van der Waals surface area contributed by atoms with E-state index in [2.05, 4.69) is 5.73 Å². The van der Waals surface area contributed by atoms with E-state index < -0.39 is 47.8 Å². The number of halogens is 15. The molecule has 1 aromatic carbocycles. The van der Waals surface area contributed by atoms with E-state index in [0.29, 0.717) is 11.6 Å². The van der Waals surface area contributed by atoms with Gasteiger partial charge in [-0.25, -0.2) is 0 Å². The van der Waals surface area contributed by atoms with Crippen LogP contribution in [0.5, 0.6) is 0 Å². The maximum atomic E-state index is 13.9. The molecule has 0 saturated carbocycles. The first-order valence-corrected chi connectivity index (χ1v) is 8.49. The molecular formula is C18H12F15N. The summed E-state index contributed by atoms with van der Waals surface area (Å²) >= 11 is 0. The Morgan fingerprint density at radius 1 is 0.559 bits per heavy atom. The molecule has 0 aliphatic carbocycles. The summed E-state index contributed by atoms with van der Waals surface area (Å²) in [6, 6.07) is 3.87. The molecular weight excluding hydrogens is 515 g/mol. The molecule has 0 fully saturated rings. The van der Waals surface area contributed by atoms with Crippen molar-refractivity contribution in [2.75, 3.05) is 0 Å². The second kappa shape index (κ2) is 9.00. The maximum Gasteiger partial charge on any atom is 0.460 e.